The van der Waals surface area contributed by atoms with Gasteiger partial charge in [-0.2, -0.15) is 13.2 Å². The molecule has 0 radical (unpaired) electrons. The van der Waals surface area contributed by atoms with Crippen molar-refractivity contribution in [3.63, 3.8) is 0 Å². The van der Waals surface area contributed by atoms with Crippen LogP contribution in [0.2, 0.25) is 0 Å². The van der Waals surface area contributed by atoms with Gasteiger partial charge in [0.15, 0.2) is 0 Å². The molecule has 1 rings (SSSR count). The average Bonchev–Trinajstić information content (AvgIpc) is 2.27. The van der Waals surface area contributed by atoms with Crippen molar-refractivity contribution in [2.45, 2.75) is 26.1 Å². The quantitative estimate of drug-likeness (QED) is 0.906. The van der Waals surface area contributed by atoms with Crippen LogP contribution in [0.3, 0.4) is 0 Å². The number of carbonyl (C=O) groups is 1. The molecule has 0 saturated carbocycles. The lowest BCUT2D eigenvalue weighted by Gasteiger charge is -2.18. The Bertz CT molecular complexity index is 412. The first kappa shape index (κ1) is 14.3. The van der Waals surface area contributed by atoms with Crippen LogP contribution in [0, 0.1) is 5.92 Å². The number of hydrogen-bond donors (Lipinski definition) is 1. The summed E-state index contributed by atoms with van der Waals surface area (Å²) in [6.45, 7) is 3.02. The van der Waals surface area contributed by atoms with Crippen molar-refractivity contribution in [3.05, 3.63) is 29.8 Å². The summed E-state index contributed by atoms with van der Waals surface area (Å²) in [5.41, 5.74) is -0.770. The molecule has 0 aliphatic rings. The fourth-order valence-electron chi connectivity index (χ4n) is 1.24. The molecule has 0 heterocycles. The Morgan fingerprint density at radius 2 is 1.72 bits per heavy atom. The summed E-state index contributed by atoms with van der Waals surface area (Å²) in [5.74, 6) is -1.55. The normalized spacial score (nSPS) is 14.9. The highest BCUT2D eigenvalue weighted by molar-refractivity contribution is 5.70. The van der Waals surface area contributed by atoms with Gasteiger partial charge in [0.2, 0.25) is 0 Å². The number of carboxylic acid groups (broad SMARTS) is 1. The predicted molar refractivity (Wildman–Crippen MR) is 58.3 cm³/mol. The molecule has 2 unspecified atom stereocenters. The summed E-state index contributed by atoms with van der Waals surface area (Å²) in [6.07, 6.45) is -5.02. The molecular formula is C12H13F3O3. The van der Waals surface area contributed by atoms with Gasteiger partial charge in [0, 0.05) is 0 Å². The van der Waals surface area contributed by atoms with E-state index in [4.69, 9.17) is 9.84 Å². The molecule has 2 atom stereocenters. The summed E-state index contributed by atoms with van der Waals surface area (Å²) in [5, 5.41) is 8.75. The van der Waals surface area contributed by atoms with E-state index in [9.17, 15) is 18.0 Å². The molecule has 0 bridgehead atoms. The minimum atomic E-state index is -4.39. The third-order valence-electron chi connectivity index (χ3n) is 2.60. The predicted octanol–water partition coefficient (Wildman–Crippen LogP) is 3.19. The first-order valence-corrected chi connectivity index (χ1v) is 5.28. The van der Waals surface area contributed by atoms with Crippen molar-refractivity contribution < 1.29 is 27.8 Å². The van der Waals surface area contributed by atoms with Crippen molar-refractivity contribution in [1.29, 1.82) is 0 Å². The molecule has 0 amide bonds. The molecule has 1 aromatic carbocycles. The van der Waals surface area contributed by atoms with E-state index in [1.807, 2.05) is 0 Å². The van der Waals surface area contributed by atoms with Crippen LogP contribution in [0.1, 0.15) is 19.4 Å². The summed E-state index contributed by atoms with van der Waals surface area (Å²) >= 11 is 0. The second kappa shape index (κ2) is 5.29. The highest BCUT2D eigenvalue weighted by atomic mass is 19.4. The smallest absolute Gasteiger partial charge is 0.416 e. The van der Waals surface area contributed by atoms with Gasteiger partial charge in [-0.1, -0.05) is 0 Å². The lowest BCUT2D eigenvalue weighted by molar-refractivity contribution is -0.143. The van der Waals surface area contributed by atoms with E-state index >= 15 is 0 Å². The Balaban J connectivity index is 2.73. The maximum absolute atomic E-state index is 12.3. The Hall–Kier alpha value is -1.72. The van der Waals surface area contributed by atoms with Gasteiger partial charge in [0.05, 0.1) is 11.5 Å². The van der Waals surface area contributed by atoms with Crippen molar-refractivity contribution >= 4 is 5.97 Å². The first-order valence-electron chi connectivity index (χ1n) is 5.28. The topological polar surface area (TPSA) is 46.5 Å². The van der Waals surface area contributed by atoms with Crippen LogP contribution in [0.15, 0.2) is 24.3 Å². The SMILES string of the molecule is CC(Oc1ccc(C(F)(F)F)cc1)C(C)C(=O)O. The van der Waals surface area contributed by atoms with Crippen LogP contribution < -0.4 is 4.74 Å². The monoisotopic (exact) mass is 262 g/mol. The van der Waals surface area contributed by atoms with Crippen LogP contribution in [0.25, 0.3) is 0 Å². The van der Waals surface area contributed by atoms with Crippen LogP contribution in [0.5, 0.6) is 5.75 Å². The highest BCUT2D eigenvalue weighted by Gasteiger charge is 2.30. The molecule has 18 heavy (non-hydrogen) atoms. The van der Waals surface area contributed by atoms with Gasteiger partial charge >= 0.3 is 12.1 Å². The molecule has 1 aromatic rings. The molecule has 0 fully saturated rings. The van der Waals surface area contributed by atoms with Gasteiger partial charge in [-0.25, -0.2) is 0 Å². The van der Waals surface area contributed by atoms with E-state index in [-0.39, 0.29) is 5.75 Å². The van der Waals surface area contributed by atoms with Gasteiger partial charge in [0.1, 0.15) is 11.9 Å². The largest absolute Gasteiger partial charge is 0.490 e. The fourth-order valence-corrected chi connectivity index (χ4v) is 1.24. The maximum Gasteiger partial charge on any atom is 0.416 e. The summed E-state index contributed by atoms with van der Waals surface area (Å²) < 4.78 is 42.1. The van der Waals surface area contributed by atoms with E-state index in [0.717, 1.165) is 12.1 Å². The number of rotatable bonds is 4. The zero-order valence-corrected chi connectivity index (χ0v) is 9.86. The van der Waals surface area contributed by atoms with Gasteiger partial charge in [-0.15, -0.1) is 0 Å². The third kappa shape index (κ3) is 3.65. The Labute approximate surface area is 102 Å². The number of hydrogen-bond acceptors (Lipinski definition) is 2. The number of alkyl halides is 3. The number of carboxylic acids is 1. The Kier molecular flexibility index (Phi) is 4.21. The summed E-state index contributed by atoms with van der Waals surface area (Å²) in [4.78, 5) is 10.7. The second-order valence-corrected chi connectivity index (χ2v) is 3.97. The minimum absolute atomic E-state index is 0.212. The lowest BCUT2D eigenvalue weighted by Crippen LogP contribution is -2.27. The van der Waals surface area contributed by atoms with E-state index in [2.05, 4.69) is 0 Å². The average molecular weight is 262 g/mol. The van der Waals surface area contributed by atoms with Crippen LogP contribution in [-0.4, -0.2) is 17.2 Å². The lowest BCUT2D eigenvalue weighted by atomic mass is 10.1. The summed E-state index contributed by atoms with van der Waals surface area (Å²) in [7, 11) is 0. The molecular weight excluding hydrogens is 249 g/mol. The zero-order valence-electron chi connectivity index (χ0n) is 9.86. The van der Waals surface area contributed by atoms with Gasteiger partial charge in [0.25, 0.3) is 0 Å². The molecule has 3 nitrogen and oxygen atoms in total. The molecule has 0 aliphatic heterocycles. The van der Waals surface area contributed by atoms with Crippen molar-refractivity contribution in [2.75, 3.05) is 0 Å². The minimum Gasteiger partial charge on any atom is -0.490 e. The summed E-state index contributed by atoms with van der Waals surface area (Å²) in [6, 6.07) is 4.14. The molecule has 0 saturated heterocycles. The molecule has 0 spiro atoms. The van der Waals surface area contributed by atoms with E-state index < -0.39 is 29.7 Å². The zero-order chi connectivity index (χ0) is 13.9. The fraction of sp³-hybridized carbons (Fsp3) is 0.417. The molecule has 0 aromatic heterocycles. The van der Waals surface area contributed by atoms with Crippen LogP contribution in [0.4, 0.5) is 13.2 Å². The van der Waals surface area contributed by atoms with Gasteiger partial charge < -0.3 is 9.84 Å². The van der Waals surface area contributed by atoms with Crippen molar-refractivity contribution in [2.24, 2.45) is 5.92 Å². The number of halogens is 3. The number of ether oxygens (including phenoxy) is 1. The number of aliphatic carboxylic acids is 1. The van der Waals surface area contributed by atoms with E-state index in [1.54, 1.807) is 6.92 Å². The van der Waals surface area contributed by atoms with Crippen LogP contribution in [-0.2, 0) is 11.0 Å². The van der Waals surface area contributed by atoms with Crippen molar-refractivity contribution in [3.8, 4) is 5.75 Å². The van der Waals surface area contributed by atoms with Crippen LogP contribution >= 0.6 is 0 Å². The second-order valence-electron chi connectivity index (χ2n) is 3.97. The Morgan fingerprint density at radius 1 is 1.22 bits per heavy atom. The highest BCUT2D eigenvalue weighted by Crippen LogP contribution is 2.30. The van der Waals surface area contributed by atoms with Gasteiger partial charge in [-0.3, -0.25) is 4.79 Å². The maximum atomic E-state index is 12.3. The molecule has 6 heteroatoms. The Morgan fingerprint density at radius 3 is 2.11 bits per heavy atom. The van der Waals surface area contributed by atoms with E-state index in [1.165, 1.54) is 19.1 Å². The molecule has 1 N–H and O–H groups in total. The molecule has 100 valence electrons. The van der Waals surface area contributed by atoms with Crippen molar-refractivity contribution in [1.82, 2.24) is 0 Å². The van der Waals surface area contributed by atoms with E-state index in [0.29, 0.717) is 0 Å². The molecule has 0 aliphatic carbocycles. The number of benzene rings is 1. The first-order chi connectivity index (χ1) is 8.21. The standard InChI is InChI=1S/C12H13F3O3/c1-7(11(16)17)8(2)18-10-5-3-9(4-6-10)12(13,14)15/h3-8H,1-2H3,(H,16,17). The third-order valence-corrected chi connectivity index (χ3v) is 2.60. The van der Waals surface area contributed by atoms with Gasteiger partial charge in [-0.05, 0) is 38.1 Å².